The lowest BCUT2D eigenvalue weighted by Crippen LogP contribution is -2.22. The molecule has 3 rings (SSSR count). The van der Waals surface area contributed by atoms with Gasteiger partial charge in [-0.05, 0) is 32.0 Å². The van der Waals surface area contributed by atoms with Crippen molar-refractivity contribution in [2.24, 2.45) is 0 Å². The third-order valence-electron chi connectivity index (χ3n) is 4.09. The number of anilines is 2. The van der Waals surface area contributed by atoms with Gasteiger partial charge in [-0.1, -0.05) is 12.1 Å². The number of benzene rings is 2. The summed E-state index contributed by atoms with van der Waals surface area (Å²) in [7, 11) is 0. The summed E-state index contributed by atoms with van der Waals surface area (Å²) in [6.45, 7) is 4.33. The van der Waals surface area contributed by atoms with Crippen LogP contribution in [-0.2, 0) is 9.47 Å². The summed E-state index contributed by atoms with van der Waals surface area (Å²) in [4.78, 5) is 0. The Bertz CT molecular complexity index is 865. The Kier molecular flexibility index (Phi) is 5.59. The van der Waals surface area contributed by atoms with Gasteiger partial charge in [-0.3, -0.25) is 0 Å². The molecule has 0 spiro atoms. The predicted molar refractivity (Wildman–Crippen MR) is 95.8 cm³/mol. The predicted octanol–water partition coefficient (Wildman–Crippen LogP) is 4.50. The third-order valence-corrected chi connectivity index (χ3v) is 4.09. The average Bonchev–Trinajstić information content (AvgIpc) is 2.96. The van der Waals surface area contributed by atoms with Crippen LogP contribution in [0.15, 0.2) is 36.4 Å². The lowest BCUT2D eigenvalue weighted by molar-refractivity contribution is -0.139. The Morgan fingerprint density at radius 2 is 2.04 bits per heavy atom. The zero-order chi connectivity index (χ0) is 19.4. The topological polar surface area (TPSA) is 63.5 Å². The molecule has 0 aromatic heterocycles. The number of hydrogen-bond acceptors (Lipinski definition) is 5. The minimum Gasteiger partial charge on any atom is -0.492 e. The Morgan fingerprint density at radius 3 is 2.70 bits per heavy atom. The summed E-state index contributed by atoms with van der Waals surface area (Å²) in [6.07, 6.45) is 0.399. The third kappa shape index (κ3) is 4.73. The van der Waals surface area contributed by atoms with Gasteiger partial charge in [0.1, 0.15) is 29.0 Å². The highest BCUT2D eigenvalue weighted by atomic mass is 19.1. The number of para-hydroxylation sites is 1. The van der Waals surface area contributed by atoms with Crippen LogP contribution in [0.2, 0.25) is 0 Å². The van der Waals surface area contributed by atoms with Crippen LogP contribution >= 0.6 is 0 Å². The van der Waals surface area contributed by atoms with E-state index >= 15 is 0 Å². The molecule has 1 aliphatic heterocycles. The van der Waals surface area contributed by atoms with Gasteiger partial charge in [0.15, 0.2) is 5.79 Å². The van der Waals surface area contributed by atoms with E-state index in [9.17, 15) is 14.0 Å². The second kappa shape index (κ2) is 7.91. The Hall–Kier alpha value is -2.69. The first-order valence-corrected chi connectivity index (χ1v) is 8.58. The molecule has 5 nitrogen and oxygen atoms in total. The van der Waals surface area contributed by atoms with Crippen molar-refractivity contribution in [2.45, 2.75) is 32.2 Å². The maximum Gasteiger partial charge on any atom is 0.163 e. The van der Waals surface area contributed by atoms with Crippen LogP contribution in [0.4, 0.5) is 20.2 Å². The van der Waals surface area contributed by atoms with E-state index in [0.29, 0.717) is 13.0 Å². The molecule has 1 N–H and O–H groups in total. The maximum absolute atomic E-state index is 14.0. The van der Waals surface area contributed by atoms with Crippen LogP contribution in [0.1, 0.15) is 25.8 Å². The number of nitriles is 1. The normalized spacial score (nSPS) is 18.1. The van der Waals surface area contributed by atoms with Gasteiger partial charge in [0.05, 0.1) is 30.7 Å². The molecule has 0 bridgehead atoms. The van der Waals surface area contributed by atoms with Gasteiger partial charge < -0.3 is 19.5 Å². The zero-order valence-corrected chi connectivity index (χ0v) is 15.1. The van der Waals surface area contributed by atoms with Crippen molar-refractivity contribution in [2.75, 3.05) is 18.5 Å². The monoisotopic (exact) mass is 374 g/mol. The van der Waals surface area contributed by atoms with Crippen LogP contribution in [0.5, 0.6) is 5.75 Å². The summed E-state index contributed by atoms with van der Waals surface area (Å²) in [6, 6.07) is 10.2. The highest BCUT2D eigenvalue weighted by molar-refractivity contribution is 5.70. The Morgan fingerprint density at radius 1 is 1.26 bits per heavy atom. The van der Waals surface area contributed by atoms with Crippen LogP contribution in [0, 0.1) is 23.0 Å². The highest BCUT2D eigenvalue weighted by Crippen LogP contribution is 2.31. The highest BCUT2D eigenvalue weighted by Gasteiger charge is 2.32. The van der Waals surface area contributed by atoms with Crippen molar-refractivity contribution in [1.29, 1.82) is 5.26 Å². The molecule has 2 aromatic carbocycles. The summed E-state index contributed by atoms with van der Waals surface area (Å²) in [5, 5.41) is 12.2. The van der Waals surface area contributed by atoms with E-state index in [1.54, 1.807) is 12.1 Å². The number of nitrogens with one attached hydrogen (secondary N) is 1. The van der Waals surface area contributed by atoms with Crippen LogP contribution < -0.4 is 10.1 Å². The fraction of sp³-hybridized carbons (Fsp3) is 0.350. The fourth-order valence-corrected chi connectivity index (χ4v) is 2.82. The minimum absolute atomic E-state index is 0.0921. The molecule has 0 aliphatic carbocycles. The molecule has 1 aliphatic rings. The number of ether oxygens (including phenoxy) is 3. The molecular formula is C20H20F2N2O3. The lowest BCUT2D eigenvalue weighted by atomic mass is 10.1. The average molecular weight is 374 g/mol. The molecule has 1 heterocycles. The minimum atomic E-state index is -0.627. The van der Waals surface area contributed by atoms with Gasteiger partial charge in [0, 0.05) is 12.5 Å². The molecule has 142 valence electrons. The zero-order valence-electron chi connectivity index (χ0n) is 15.1. The van der Waals surface area contributed by atoms with Crippen LogP contribution in [0.25, 0.3) is 0 Å². The Labute approximate surface area is 156 Å². The molecule has 0 radical (unpaired) electrons. The molecule has 1 saturated heterocycles. The summed E-state index contributed by atoms with van der Waals surface area (Å²) < 4.78 is 44.6. The molecule has 1 fully saturated rings. The first kappa shape index (κ1) is 19.1. The first-order chi connectivity index (χ1) is 12.9. The van der Waals surface area contributed by atoms with Crippen molar-refractivity contribution >= 4 is 11.4 Å². The van der Waals surface area contributed by atoms with Crippen molar-refractivity contribution in [1.82, 2.24) is 0 Å². The standard InChI is InChI=1S/C20H20F2N2O3/c1-20(2)26-12-14(27-20)7-8-25-19-10-13(21)9-18(15(19)11-23)24-17-6-4-3-5-16(17)22/h3-6,9-10,14,24H,7-8,12H2,1-2H3. The van der Waals surface area contributed by atoms with Gasteiger partial charge in [-0.15, -0.1) is 0 Å². The van der Waals surface area contributed by atoms with E-state index in [1.165, 1.54) is 12.1 Å². The number of rotatable bonds is 6. The fourth-order valence-electron chi connectivity index (χ4n) is 2.82. The smallest absolute Gasteiger partial charge is 0.163 e. The van der Waals surface area contributed by atoms with E-state index in [4.69, 9.17) is 14.2 Å². The van der Waals surface area contributed by atoms with E-state index in [-0.39, 0.29) is 35.4 Å². The maximum atomic E-state index is 14.0. The van der Waals surface area contributed by atoms with Gasteiger partial charge >= 0.3 is 0 Å². The quantitative estimate of drug-likeness (QED) is 0.807. The first-order valence-electron chi connectivity index (χ1n) is 8.58. The largest absolute Gasteiger partial charge is 0.492 e. The molecule has 1 atom stereocenters. The lowest BCUT2D eigenvalue weighted by Gasteiger charge is -2.17. The summed E-state index contributed by atoms with van der Waals surface area (Å²) in [5.74, 6) is -1.63. The SMILES string of the molecule is CC1(C)OCC(CCOc2cc(F)cc(Nc3ccccc3F)c2C#N)O1. The van der Waals surface area contributed by atoms with E-state index < -0.39 is 17.4 Å². The van der Waals surface area contributed by atoms with E-state index in [0.717, 1.165) is 12.1 Å². The van der Waals surface area contributed by atoms with Crippen molar-refractivity contribution in [3.8, 4) is 11.8 Å². The van der Waals surface area contributed by atoms with Gasteiger partial charge in [0.25, 0.3) is 0 Å². The summed E-state index contributed by atoms with van der Waals surface area (Å²) >= 11 is 0. The molecule has 1 unspecified atom stereocenters. The number of halogens is 2. The van der Waals surface area contributed by atoms with Crippen molar-refractivity contribution < 1.29 is 23.0 Å². The van der Waals surface area contributed by atoms with E-state index in [1.807, 2.05) is 19.9 Å². The van der Waals surface area contributed by atoms with Crippen LogP contribution in [0.3, 0.4) is 0 Å². The van der Waals surface area contributed by atoms with Gasteiger partial charge in [0.2, 0.25) is 0 Å². The molecule has 27 heavy (non-hydrogen) atoms. The second-order valence-electron chi connectivity index (χ2n) is 6.63. The molecule has 2 aromatic rings. The number of nitrogens with zero attached hydrogens (tertiary/aromatic N) is 1. The van der Waals surface area contributed by atoms with Gasteiger partial charge in [-0.2, -0.15) is 5.26 Å². The van der Waals surface area contributed by atoms with Crippen molar-refractivity contribution in [3.63, 3.8) is 0 Å². The van der Waals surface area contributed by atoms with E-state index in [2.05, 4.69) is 5.32 Å². The van der Waals surface area contributed by atoms with Gasteiger partial charge in [-0.25, -0.2) is 8.78 Å². The molecule has 0 amide bonds. The van der Waals surface area contributed by atoms with Crippen LogP contribution in [-0.4, -0.2) is 25.1 Å². The molecule has 0 saturated carbocycles. The summed E-state index contributed by atoms with van der Waals surface area (Å²) in [5.41, 5.74) is 0.382. The Balaban J connectivity index is 1.73. The molecular weight excluding hydrogens is 354 g/mol. The molecule has 7 heteroatoms. The number of hydrogen-bond donors (Lipinski definition) is 1. The van der Waals surface area contributed by atoms with Crippen molar-refractivity contribution in [3.05, 3.63) is 53.6 Å². The second-order valence-corrected chi connectivity index (χ2v) is 6.63.